The van der Waals surface area contributed by atoms with Crippen LogP contribution in [0.2, 0.25) is 0 Å². The number of carbonyl (C=O) groups excluding carboxylic acids is 1. The minimum Gasteiger partial charge on any atom is -0.337 e. The molecule has 2 heterocycles. The Morgan fingerprint density at radius 1 is 1.16 bits per heavy atom. The number of fused-ring (bicyclic) bond motifs is 1. The quantitative estimate of drug-likeness (QED) is 0.843. The molecule has 1 saturated heterocycles. The first kappa shape index (κ1) is 12.1. The van der Waals surface area contributed by atoms with Crippen LogP contribution in [0.3, 0.4) is 0 Å². The lowest BCUT2D eigenvalue weighted by molar-refractivity contribution is 0.0768. The fourth-order valence-corrected chi connectivity index (χ4v) is 2.50. The molecule has 3 rings (SSSR count). The van der Waals surface area contributed by atoms with E-state index in [9.17, 15) is 4.79 Å². The maximum absolute atomic E-state index is 12.6. The van der Waals surface area contributed by atoms with E-state index >= 15 is 0 Å². The molecule has 0 unspecified atom stereocenters. The van der Waals surface area contributed by atoms with Gasteiger partial charge in [0.25, 0.3) is 5.91 Å². The van der Waals surface area contributed by atoms with Crippen LogP contribution >= 0.6 is 0 Å². The first-order valence-electron chi connectivity index (χ1n) is 6.70. The van der Waals surface area contributed by atoms with E-state index in [2.05, 4.69) is 10.3 Å². The molecule has 0 aliphatic carbocycles. The van der Waals surface area contributed by atoms with Crippen molar-refractivity contribution in [1.82, 2.24) is 15.2 Å². The van der Waals surface area contributed by atoms with Crippen molar-refractivity contribution in [1.29, 1.82) is 0 Å². The first-order valence-corrected chi connectivity index (χ1v) is 6.70. The second kappa shape index (κ2) is 5.36. The van der Waals surface area contributed by atoms with Crippen molar-refractivity contribution >= 4 is 16.8 Å². The van der Waals surface area contributed by atoms with Crippen LogP contribution < -0.4 is 5.32 Å². The van der Waals surface area contributed by atoms with Crippen molar-refractivity contribution in [3.63, 3.8) is 0 Å². The van der Waals surface area contributed by atoms with Crippen LogP contribution in [-0.2, 0) is 0 Å². The molecule has 19 heavy (non-hydrogen) atoms. The zero-order valence-electron chi connectivity index (χ0n) is 10.8. The van der Waals surface area contributed by atoms with Crippen LogP contribution in [0.4, 0.5) is 0 Å². The zero-order chi connectivity index (χ0) is 13.1. The highest BCUT2D eigenvalue weighted by Gasteiger charge is 2.19. The Labute approximate surface area is 112 Å². The Morgan fingerprint density at radius 2 is 2.05 bits per heavy atom. The van der Waals surface area contributed by atoms with Crippen LogP contribution in [0.1, 0.15) is 16.8 Å². The smallest absolute Gasteiger partial charge is 0.256 e. The van der Waals surface area contributed by atoms with Gasteiger partial charge in [-0.05, 0) is 25.1 Å². The van der Waals surface area contributed by atoms with Crippen molar-refractivity contribution in [2.45, 2.75) is 6.42 Å². The summed E-state index contributed by atoms with van der Waals surface area (Å²) >= 11 is 0. The number of nitrogens with one attached hydrogen (secondary N) is 1. The molecule has 98 valence electrons. The molecule has 0 radical (unpaired) electrons. The molecule has 1 fully saturated rings. The molecular weight excluding hydrogens is 238 g/mol. The summed E-state index contributed by atoms with van der Waals surface area (Å²) in [5.41, 5.74) is 1.51. The zero-order valence-corrected chi connectivity index (χ0v) is 10.8. The number of hydrogen-bond donors (Lipinski definition) is 1. The Hall–Kier alpha value is -1.94. The van der Waals surface area contributed by atoms with Crippen LogP contribution in [0.15, 0.2) is 36.5 Å². The molecule has 1 aliphatic heterocycles. The van der Waals surface area contributed by atoms with E-state index < -0.39 is 0 Å². The minimum absolute atomic E-state index is 0.0907. The predicted molar refractivity (Wildman–Crippen MR) is 75.1 cm³/mol. The molecule has 0 spiro atoms. The van der Waals surface area contributed by atoms with E-state index in [1.165, 1.54) is 0 Å². The molecule has 1 aromatic carbocycles. The number of para-hydroxylation sites is 1. The van der Waals surface area contributed by atoms with Crippen molar-refractivity contribution in [3.05, 3.63) is 42.1 Å². The largest absolute Gasteiger partial charge is 0.337 e. The number of benzene rings is 1. The summed E-state index contributed by atoms with van der Waals surface area (Å²) in [6, 6.07) is 9.67. The molecule has 1 amide bonds. The molecular formula is C15H17N3O. The normalized spacial score (nSPS) is 16.3. The van der Waals surface area contributed by atoms with Gasteiger partial charge in [0.1, 0.15) is 0 Å². The monoisotopic (exact) mass is 255 g/mol. The lowest BCUT2D eigenvalue weighted by atomic mass is 10.1. The van der Waals surface area contributed by atoms with E-state index in [1.54, 1.807) is 6.20 Å². The van der Waals surface area contributed by atoms with Crippen molar-refractivity contribution in [2.75, 3.05) is 26.2 Å². The van der Waals surface area contributed by atoms with Gasteiger partial charge in [0.2, 0.25) is 0 Å². The standard InChI is InChI=1S/C15H17N3O/c19-15(18-10-3-7-16-9-11-18)13-6-1-4-12-5-2-8-17-14(12)13/h1-2,4-6,8,16H,3,7,9-11H2. The summed E-state index contributed by atoms with van der Waals surface area (Å²) in [6.45, 7) is 3.43. The fourth-order valence-electron chi connectivity index (χ4n) is 2.50. The van der Waals surface area contributed by atoms with Gasteiger partial charge in [0.05, 0.1) is 11.1 Å². The summed E-state index contributed by atoms with van der Waals surface area (Å²) in [7, 11) is 0. The molecule has 1 N–H and O–H groups in total. The number of rotatable bonds is 1. The predicted octanol–water partition coefficient (Wildman–Crippen LogP) is 1.67. The van der Waals surface area contributed by atoms with Gasteiger partial charge in [-0.2, -0.15) is 0 Å². The van der Waals surface area contributed by atoms with Gasteiger partial charge in [-0.15, -0.1) is 0 Å². The number of aromatic nitrogens is 1. The maximum Gasteiger partial charge on any atom is 0.256 e. The number of amides is 1. The third-order valence-corrected chi connectivity index (χ3v) is 3.49. The molecule has 4 nitrogen and oxygen atoms in total. The average molecular weight is 255 g/mol. The Morgan fingerprint density at radius 3 is 3.00 bits per heavy atom. The highest BCUT2D eigenvalue weighted by molar-refractivity contribution is 6.05. The maximum atomic E-state index is 12.6. The van der Waals surface area contributed by atoms with Crippen LogP contribution in [0.25, 0.3) is 10.9 Å². The highest BCUT2D eigenvalue weighted by Crippen LogP contribution is 2.18. The van der Waals surface area contributed by atoms with Gasteiger partial charge in [-0.1, -0.05) is 18.2 Å². The summed E-state index contributed by atoms with van der Waals surface area (Å²) in [6.07, 6.45) is 2.74. The first-order chi connectivity index (χ1) is 9.36. The van der Waals surface area contributed by atoms with E-state index in [0.717, 1.165) is 43.5 Å². The molecule has 0 atom stereocenters. The second-order valence-corrected chi connectivity index (χ2v) is 4.78. The van der Waals surface area contributed by atoms with E-state index in [-0.39, 0.29) is 5.91 Å². The van der Waals surface area contributed by atoms with Crippen molar-refractivity contribution < 1.29 is 4.79 Å². The third-order valence-electron chi connectivity index (χ3n) is 3.49. The summed E-state index contributed by atoms with van der Waals surface area (Å²) < 4.78 is 0. The van der Waals surface area contributed by atoms with Gasteiger partial charge < -0.3 is 10.2 Å². The van der Waals surface area contributed by atoms with Crippen LogP contribution in [0, 0.1) is 0 Å². The van der Waals surface area contributed by atoms with Crippen molar-refractivity contribution in [3.8, 4) is 0 Å². The molecule has 0 bridgehead atoms. The summed E-state index contributed by atoms with van der Waals surface area (Å²) in [4.78, 5) is 18.9. The van der Waals surface area contributed by atoms with E-state index in [0.29, 0.717) is 5.56 Å². The Bertz CT molecular complexity index is 583. The van der Waals surface area contributed by atoms with Crippen molar-refractivity contribution in [2.24, 2.45) is 0 Å². The Kier molecular flexibility index (Phi) is 3.42. The molecule has 2 aromatic rings. The summed E-state index contributed by atoms with van der Waals surface area (Å²) in [5.74, 6) is 0.0907. The van der Waals surface area contributed by atoms with Gasteiger partial charge in [0.15, 0.2) is 0 Å². The highest BCUT2D eigenvalue weighted by atomic mass is 16.2. The topological polar surface area (TPSA) is 45.2 Å². The molecule has 0 saturated carbocycles. The number of hydrogen-bond acceptors (Lipinski definition) is 3. The van der Waals surface area contributed by atoms with Gasteiger partial charge in [-0.3, -0.25) is 9.78 Å². The van der Waals surface area contributed by atoms with Crippen LogP contribution in [0.5, 0.6) is 0 Å². The lowest BCUT2D eigenvalue weighted by Crippen LogP contribution is -2.34. The number of nitrogens with zero attached hydrogens (tertiary/aromatic N) is 2. The SMILES string of the molecule is O=C(c1cccc2cccnc12)N1CCCNCC1. The summed E-state index contributed by atoms with van der Waals surface area (Å²) in [5, 5.41) is 4.33. The molecule has 1 aliphatic rings. The lowest BCUT2D eigenvalue weighted by Gasteiger charge is -2.20. The molecule has 4 heteroatoms. The van der Waals surface area contributed by atoms with Gasteiger partial charge in [0, 0.05) is 31.2 Å². The average Bonchev–Trinajstić information content (AvgIpc) is 2.75. The number of carbonyl (C=O) groups is 1. The van der Waals surface area contributed by atoms with Gasteiger partial charge >= 0.3 is 0 Å². The third kappa shape index (κ3) is 2.44. The fraction of sp³-hybridized carbons (Fsp3) is 0.333. The van der Waals surface area contributed by atoms with Crippen LogP contribution in [-0.4, -0.2) is 42.0 Å². The van der Waals surface area contributed by atoms with Gasteiger partial charge in [-0.25, -0.2) is 0 Å². The minimum atomic E-state index is 0.0907. The number of pyridine rings is 1. The Balaban J connectivity index is 1.96. The van der Waals surface area contributed by atoms with E-state index in [4.69, 9.17) is 0 Å². The molecule has 1 aromatic heterocycles. The second-order valence-electron chi connectivity index (χ2n) is 4.78. The van der Waals surface area contributed by atoms with E-state index in [1.807, 2.05) is 35.2 Å².